The van der Waals surface area contributed by atoms with E-state index in [0.29, 0.717) is 19.2 Å². The van der Waals surface area contributed by atoms with E-state index in [1.807, 2.05) is 75.4 Å². The number of carboxylic acid groups (broad SMARTS) is 1. The molecule has 0 unspecified atom stereocenters. The van der Waals surface area contributed by atoms with Crippen LogP contribution >= 0.6 is 22.6 Å². The summed E-state index contributed by atoms with van der Waals surface area (Å²) in [7, 11) is 0. The second-order valence-electron chi connectivity index (χ2n) is 10.0. The fraction of sp³-hybridized carbons (Fsp3) is 0.345. The number of alkyl carbamates (subject to hydrolysis) is 1. The van der Waals surface area contributed by atoms with Crippen LogP contribution in [0.2, 0.25) is 0 Å². The van der Waals surface area contributed by atoms with Gasteiger partial charge >= 0.3 is 12.2 Å². The van der Waals surface area contributed by atoms with Gasteiger partial charge in [-0.15, -0.1) is 0 Å². The summed E-state index contributed by atoms with van der Waals surface area (Å²) < 4.78 is 12.1. The summed E-state index contributed by atoms with van der Waals surface area (Å²) in [6.07, 6.45) is 3.21. The lowest BCUT2D eigenvalue weighted by Crippen LogP contribution is -2.46. The van der Waals surface area contributed by atoms with Crippen LogP contribution in [0, 0.1) is 3.57 Å². The molecule has 3 aromatic rings. The zero-order valence-corrected chi connectivity index (χ0v) is 24.5. The molecule has 4 N–H and O–H groups in total. The summed E-state index contributed by atoms with van der Waals surface area (Å²) in [5.74, 6) is 0.741. The number of halogens is 1. The number of carbonyl (C=O) groups excluding carboxylic acids is 1. The molecule has 1 fully saturated rings. The Bertz CT molecular complexity index is 1240. The van der Waals surface area contributed by atoms with Gasteiger partial charge in [0.1, 0.15) is 18.0 Å². The SMILES string of the molecule is CC(C)(C)OC(=O)NCc1cccc(I)c1.O=C(O)NCc1cccc(-c2cncc(OC[C@@H]3CCN3)c2)c1. The molecule has 0 radical (unpaired) electrons. The van der Waals surface area contributed by atoms with E-state index in [9.17, 15) is 9.59 Å². The van der Waals surface area contributed by atoms with Gasteiger partial charge in [-0.05, 0) is 97.3 Å². The van der Waals surface area contributed by atoms with E-state index >= 15 is 0 Å². The number of ether oxygens (including phenoxy) is 2. The quantitative estimate of drug-likeness (QED) is 0.236. The molecule has 1 atom stereocenters. The molecular formula is C29H35IN4O5. The Morgan fingerprint density at radius 2 is 1.72 bits per heavy atom. The molecule has 39 heavy (non-hydrogen) atoms. The third-order valence-corrected chi connectivity index (χ3v) is 6.19. The Morgan fingerprint density at radius 3 is 2.36 bits per heavy atom. The van der Waals surface area contributed by atoms with Gasteiger partial charge in [-0.25, -0.2) is 9.59 Å². The van der Waals surface area contributed by atoms with Crippen LogP contribution in [0.3, 0.4) is 0 Å². The minimum Gasteiger partial charge on any atom is -0.490 e. The highest BCUT2D eigenvalue weighted by Gasteiger charge is 2.17. The maximum atomic E-state index is 11.4. The predicted octanol–water partition coefficient (Wildman–Crippen LogP) is 5.57. The van der Waals surface area contributed by atoms with Crippen LogP contribution in [0.1, 0.15) is 38.3 Å². The van der Waals surface area contributed by atoms with E-state index in [4.69, 9.17) is 14.6 Å². The molecule has 2 amide bonds. The Labute approximate surface area is 242 Å². The molecule has 9 nitrogen and oxygen atoms in total. The van der Waals surface area contributed by atoms with Crippen LogP contribution in [0.5, 0.6) is 5.75 Å². The number of pyridine rings is 1. The number of aromatic nitrogens is 1. The van der Waals surface area contributed by atoms with Crippen molar-refractivity contribution in [3.05, 3.63) is 81.7 Å². The summed E-state index contributed by atoms with van der Waals surface area (Å²) in [5, 5.41) is 17.1. The Balaban J connectivity index is 0.000000231. The van der Waals surface area contributed by atoms with Gasteiger partial charge in [-0.1, -0.05) is 30.3 Å². The maximum absolute atomic E-state index is 11.4. The number of rotatable bonds is 8. The van der Waals surface area contributed by atoms with Gasteiger partial charge in [-0.2, -0.15) is 0 Å². The van der Waals surface area contributed by atoms with Crippen molar-refractivity contribution in [3.63, 3.8) is 0 Å². The lowest BCUT2D eigenvalue weighted by Gasteiger charge is -2.27. The van der Waals surface area contributed by atoms with Crippen LogP contribution in [-0.4, -0.2) is 47.1 Å². The van der Waals surface area contributed by atoms with Crippen molar-refractivity contribution in [2.24, 2.45) is 0 Å². The first-order valence-electron chi connectivity index (χ1n) is 12.7. The molecule has 4 rings (SSSR count). The molecule has 0 aliphatic carbocycles. The monoisotopic (exact) mass is 646 g/mol. The van der Waals surface area contributed by atoms with Crippen molar-refractivity contribution < 1.29 is 24.2 Å². The largest absolute Gasteiger partial charge is 0.490 e. The first-order chi connectivity index (χ1) is 18.6. The summed E-state index contributed by atoms with van der Waals surface area (Å²) >= 11 is 2.24. The molecule has 1 aromatic heterocycles. The van der Waals surface area contributed by atoms with Crippen molar-refractivity contribution in [1.29, 1.82) is 0 Å². The summed E-state index contributed by atoms with van der Waals surface area (Å²) in [6, 6.07) is 18.1. The van der Waals surface area contributed by atoms with Gasteiger partial charge in [0.15, 0.2) is 0 Å². The highest BCUT2D eigenvalue weighted by molar-refractivity contribution is 14.1. The van der Waals surface area contributed by atoms with E-state index in [2.05, 4.69) is 43.5 Å². The van der Waals surface area contributed by atoms with Crippen molar-refractivity contribution >= 4 is 34.8 Å². The Hall–Kier alpha value is -3.38. The summed E-state index contributed by atoms with van der Waals surface area (Å²) in [5.41, 5.74) is 3.44. The van der Waals surface area contributed by atoms with Gasteiger partial charge in [-0.3, -0.25) is 4.98 Å². The molecule has 0 saturated carbocycles. The summed E-state index contributed by atoms with van der Waals surface area (Å²) in [6.45, 7) is 8.01. The van der Waals surface area contributed by atoms with Crippen LogP contribution in [-0.2, 0) is 17.8 Å². The first-order valence-corrected chi connectivity index (χ1v) is 13.7. The van der Waals surface area contributed by atoms with Crippen molar-refractivity contribution in [3.8, 4) is 16.9 Å². The Kier molecular flexibility index (Phi) is 11.4. The minimum absolute atomic E-state index is 0.278. The van der Waals surface area contributed by atoms with Gasteiger partial charge in [0.05, 0.1) is 6.20 Å². The van der Waals surface area contributed by atoms with E-state index < -0.39 is 11.7 Å². The number of benzene rings is 2. The standard InChI is InChI=1S/C17H19N3O3.C12H16INO2/c21-17(22)20-8-12-2-1-3-13(6-12)14-7-16(10-18-9-14)23-11-15-4-5-19-15;1-12(2,3)16-11(15)14-8-9-5-4-6-10(13)7-9/h1-3,6-7,9-10,15,19-20H,4-5,8,11H2,(H,21,22);4-7H,8H2,1-3H3,(H,14,15)/t15-;/m0./s1. The fourth-order valence-corrected chi connectivity index (χ4v) is 4.12. The molecule has 0 spiro atoms. The molecule has 1 saturated heterocycles. The zero-order valence-electron chi connectivity index (χ0n) is 22.4. The lowest BCUT2D eigenvalue weighted by atomic mass is 10.0. The number of nitrogens with zero attached hydrogens (tertiary/aromatic N) is 1. The average Bonchev–Trinajstić information content (AvgIpc) is 2.85. The van der Waals surface area contributed by atoms with Crippen LogP contribution < -0.4 is 20.7 Å². The van der Waals surface area contributed by atoms with E-state index in [1.54, 1.807) is 12.4 Å². The fourth-order valence-electron chi connectivity index (χ4n) is 3.52. The number of hydrogen-bond donors (Lipinski definition) is 4. The lowest BCUT2D eigenvalue weighted by molar-refractivity contribution is 0.0523. The highest BCUT2D eigenvalue weighted by atomic mass is 127. The van der Waals surface area contributed by atoms with Gasteiger partial charge in [0.25, 0.3) is 0 Å². The van der Waals surface area contributed by atoms with E-state index in [1.165, 1.54) is 0 Å². The second kappa shape index (κ2) is 14.7. The molecule has 1 aliphatic heterocycles. The molecule has 2 aromatic carbocycles. The topological polar surface area (TPSA) is 122 Å². The number of carbonyl (C=O) groups is 2. The third-order valence-electron chi connectivity index (χ3n) is 5.52. The van der Waals surface area contributed by atoms with Crippen LogP contribution in [0.4, 0.5) is 9.59 Å². The highest BCUT2D eigenvalue weighted by Crippen LogP contribution is 2.24. The Morgan fingerprint density at radius 1 is 1.03 bits per heavy atom. The molecule has 2 heterocycles. The molecular weight excluding hydrogens is 611 g/mol. The average molecular weight is 647 g/mol. The van der Waals surface area contributed by atoms with Crippen molar-refractivity contribution in [2.45, 2.75) is 51.9 Å². The van der Waals surface area contributed by atoms with Gasteiger partial charge in [0, 0.05) is 34.5 Å². The van der Waals surface area contributed by atoms with Gasteiger partial charge in [0.2, 0.25) is 0 Å². The second-order valence-corrected chi connectivity index (χ2v) is 11.3. The zero-order chi connectivity index (χ0) is 28.3. The number of hydrogen-bond acceptors (Lipinski definition) is 6. The minimum atomic E-state index is -1.03. The predicted molar refractivity (Wildman–Crippen MR) is 159 cm³/mol. The van der Waals surface area contributed by atoms with E-state index in [-0.39, 0.29) is 12.6 Å². The molecule has 10 heteroatoms. The van der Waals surface area contributed by atoms with Crippen molar-refractivity contribution in [1.82, 2.24) is 20.9 Å². The van der Waals surface area contributed by atoms with Gasteiger partial charge < -0.3 is 30.5 Å². The number of amides is 2. The van der Waals surface area contributed by atoms with Crippen molar-refractivity contribution in [2.75, 3.05) is 13.2 Å². The molecule has 1 aliphatic rings. The van der Waals surface area contributed by atoms with Crippen LogP contribution in [0.25, 0.3) is 11.1 Å². The maximum Gasteiger partial charge on any atom is 0.407 e. The molecule has 0 bridgehead atoms. The first kappa shape index (κ1) is 30.2. The number of nitrogens with one attached hydrogen (secondary N) is 3. The van der Waals surface area contributed by atoms with Crippen LogP contribution in [0.15, 0.2) is 67.0 Å². The van der Waals surface area contributed by atoms with E-state index in [0.717, 1.165) is 44.5 Å². The summed E-state index contributed by atoms with van der Waals surface area (Å²) in [4.78, 5) is 26.2. The normalized spacial score (nSPS) is 14.2. The third kappa shape index (κ3) is 11.5. The molecule has 208 valence electrons. The smallest absolute Gasteiger partial charge is 0.407 e.